The molecule has 0 bridgehead atoms. The van der Waals surface area contributed by atoms with Crippen LogP contribution in [0.2, 0.25) is 0 Å². The summed E-state index contributed by atoms with van der Waals surface area (Å²) in [5.41, 5.74) is 1.45. The van der Waals surface area contributed by atoms with Gasteiger partial charge in [-0.1, -0.05) is 18.2 Å². The first-order chi connectivity index (χ1) is 12.0. The van der Waals surface area contributed by atoms with Gasteiger partial charge < -0.3 is 15.7 Å². The molecule has 0 saturated carbocycles. The zero-order valence-electron chi connectivity index (χ0n) is 13.4. The molecule has 2 heterocycles. The molecule has 0 fully saturated rings. The second kappa shape index (κ2) is 7.52. The lowest BCUT2D eigenvalue weighted by Crippen LogP contribution is -2.29. The van der Waals surface area contributed by atoms with Crippen LogP contribution in [0, 0.1) is 0 Å². The van der Waals surface area contributed by atoms with Crippen molar-refractivity contribution in [3.8, 4) is 0 Å². The Morgan fingerprint density at radius 3 is 2.72 bits per heavy atom. The van der Waals surface area contributed by atoms with Crippen molar-refractivity contribution in [1.29, 1.82) is 0 Å². The maximum atomic E-state index is 12.6. The molecule has 0 atom stereocenters. The molecular weight excluding hydrogens is 362 g/mol. The largest absolute Gasteiger partial charge is 0.478 e. The van der Waals surface area contributed by atoms with E-state index < -0.39 is 16.0 Å². The summed E-state index contributed by atoms with van der Waals surface area (Å²) in [5.74, 6) is -1.19. The third-order valence-corrected chi connectivity index (χ3v) is 7.08. The van der Waals surface area contributed by atoms with Gasteiger partial charge >= 0.3 is 5.97 Å². The van der Waals surface area contributed by atoms with Crippen molar-refractivity contribution < 1.29 is 18.3 Å². The lowest BCUT2D eigenvalue weighted by atomic mass is 10.1. The lowest BCUT2D eigenvalue weighted by Gasteiger charge is -2.12. The van der Waals surface area contributed by atoms with Gasteiger partial charge in [-0.2, -0.15) is 0 Å². The topological polar surface area (TPSA) is 108 Å². The standard InChI is InChI=1S/C16H19N3O4S2/c20-15(21)14-12-6-7-17-10-13(12)24-16(14)25(22,23)19-9-8-18-11-4-2-1-3-5-11/h1-5,17-19H,6-10H2,(H,20,21). The van der Waals surface area contributed by atoms with E-state index in [1.807, 2.05) is 30.3 Å². The van der Waals surface area contributed by atoms with Crippen molar-refractivity contribution >= 4 is 33.0 Å². The number of carboxylic acids is 1. The zero-order valence-corrected chi connectivity index (χ0v) is 15.0. The minimum Gasteiger partial charge on any atom is -0.478 e. The van der Waals surface area contributed by atoms with Crippen molar-refractivity contribution in [2.75, 3.05) is 25.0 Å². The maximum absolute atomic E-state index is 12.6. The minimum atomic E-state index is -3.86. The number of carbonyl (C=O) groups is 1. The predicted octanol–water partition coefficient (Wildman–Crippen LogP) is 1.48. The quantitative estimate of drug-likeness (QED) is 0.541. The number of carboxylic acid groups (broad SMARTS) is 1. The Labute approximate surface area is 150 Å². The molecule has 0 saturated heterocycles. The van der Waals surface area contributed by atoms with Crippen LogP contribution < -0.4 is 15.4 Å². The van der Waals surface area contributed by atoms with E-state index in [2.05, 4.69) is 15.4 Å². The number of nitrogens with one attached hydrogen (secondary N) is 3. The van der Waals surface area contributed by atoms with Gasteiger partial charge in [0.2, 0.25) is 0 Å². The fraction of sp³-hybridized carbons (Fsp3) is 0.312. The van der Waals surface area contributed by atoms with Crippen LogP contribution in [0.15, 0.2) is 34.5 Å². The Morgan fingerprint density at radius 1 is 1.24 bits per heavy atom. The first-order valence-corrected chi connectivity index (χ1v) is 10.2. The molecule has 0 unspecified atom stereocenters. The summed E-state index contributed by atoms with van der Waals surface area (Å²) in [5, 5.41) is 15.7. The fourth-order valence-electron chi connectivity index (χ4n) is 2.73. The number of aromatic carboxylic acids is 1. The zero-order chi connectivity index (χ0) is 17.9. The summed E-state index contributed by atoms with van der Waals surface area (Å²) in [6.45, 7) is 1.72. The second-order valence-electron chi connectivity index (χ2n) is 5.59. The van der Waals surface area contributed by atoms with Gasteiger partial charge in [-0.15, -0.1) is 11.3 Å². The summed E-state index contributed by atoms with van der Waals surface area (Å²) in [7, 11) is -3.86. The first-order valence-electron chi connectivity index (χ1n) is 7.86. The van der Waals surface area contributed by atoms with Crippen LogP contribution in [0.1, 0.15) is 20.8 Å². The van der Waals surface area contributed by atoms with Gasteiger partial charge in [0.25, 0.3) is 10.0 Å². The molecule has 25 heavy (non-hydrogen) atoms. The third kappa shape index (κ3) is 4.01. The van der Waals surface area contributed by atoms with Crippen molar-refractivity contribution in [3.05, 3.63) is 46.3 Å². The SMILES string of the molecule is O=C(O)c1c(S(=O)(=O)NCCNc2ccccc2)sc2c1CCNC2. The van der Waals surface area contributed by atoms with Crippen molar-refractivity contribution in [2.45, 2.75) is 17.2 Å². The average Bonchev–Trinajstić information content (AvgIpc) is 3.00. The fourth-order valence-corrected chi connectivity index (χ4v) is 5.67. The minimum absolute atomic E-state index is 0.0787. The Balaban J connectivity index is 1.71. The number of anilines is 1. The highest BCUT2D eigenvalue weighted by atomic mass is 32.2. The van der Waals surface area contributed by atoms with Gasteiger partial charge in [-0.3, -0.25) is 0 Å². The van der Waals surface area contributed by atoms with E-state index in [4.69, 9.17) is 0 Å². The van der Waals surface area contributed by atoms with E-state index in [1.165, 1.54) is 0 Å². The molecule has 4 N–H and O–H groups in total. The molecule has 9 heteroatoms. The molecule has 1 aromatic heterocycles. The summed E-state index contributed by atoms with van der Waals surface area (Å²) >= 11 is 1.04. The molecular formula is C16H19N3O4S2. The van der Waals surface area contributed by atoms with E-state index in [0.717, 1.165) is 21.9 Å². The van der Waals surface area contributed by atoms with E-state index in [-0.39, 0.29) is 16.3 Å². The molecule has 1 aromatic carbocycles. The Morgan fingerprint density at radius 2 is 2.00 bits per heavy atom. The van der Waals surface area contributed by atoms with Crippen molar-refractivity contribution in [1.82, 2.24) is 10.0 Å². The van der Waals surface area contributed by atoms with Crippen LogP contribution in [-0.4, -0.2) is 39.1 Å². The van der Waals surface area contributed by atoms with Gasteiger partial charge in [-0.25, -0.2) is 17.9 Å². The molecule has 7 nitrogen and oxygen atoms in total. The van der Waals surface area contributed by atoms with Crippen LogP contribution in [0.4, 0.5) is 5.69 Å². The normalized spacial score (nSPS) is 14.1. The number of fused-ring (bicyclic) bond motifs is 1. The number of benzene rings is 1. The van der Waals surface area contributed by atoms with Gasteiger partial charge in [0.15, 0.2) is 0 Å². The molecule has 1 aliphatic heterocycles. The second-order valence-corrected chi connectivity index (χ2v) is 8.66. The predicted molar refractivity (Wildman–Crippen MR) is 96.8 cm³/mol. The van der Waals surface area contributed by atoms with Crippen molar-refractivity contribution in [2.24, 2.45) is 0 Å². The lowest BCUT2D eigenvalue weighted by molar-refractivity contribution is 0.0692. The Hall–Kier alpha value is -1.94. The van der Waals surface area contributed by atoms with Crippen LogP contribution in [0.25, 0.3) is 0 Å². The van der Waals surface area contributed by atoms with Gasteiger partial charge in [0.1, 0.15) is 4.21 Å². The van der Waals surface area contributed by atoms with Crippen LogP contribution >= 0.6 is 11.3 Å². The van der Waals surface area contributed by atoms with E-state index in [1.54, 1.807) is 0 Å². The highest BCUT2D eigenvalue weighted by molar-refractivity contribution is 7.91. The van der Waals surface area contributed by atoms with Crippen LogP contribution in [0.5, 0.6) is 0 Å². The molecule has 0 amide bonds. The summed E-state index contributed by atoms with van der Waals surface area (Å²) in [6, 6.07) is 9.44. The third-order valence-electron chi connectivity index (χ3n) is 3.87. The molecule has 3 rings (SSSR count). The van der Waals surface area contributed by atoms with E-state index in [0.29, 0.717) is 31.6 Å². The molecule has 1 aliphatic rings. The number of hydrogen-bond acceptors (Lipinski definition) is 6. The average molecular weight is 381 g/mol. The first kappa shape index (κ1) is 17.9. The highest BCUT2D eigenvalue weighted by Gasteiger charge is 2.31. The number of para-hydroxylation sites is 1. The van der Waals surface area contributed by atoms with E-state index in [9.17, 15) is 18.3 Å². The number of thiophene rings is 1. The van der Waals surface area contributed by atoms with Gasteiger partial charge in [-0.05, 0) is 30.7 Å². The molecule has 0 spiro atoms. The number of rotatable bonds is 7. The smallest absolute Gasteiger partial charge is 0.338 e. The molecule has 0 aliphatic carbocycles. The maximum Gasteiger partial charge on any atom is 0.338 e. The monoisotopic (exact) mass is 381 g/mol. The Bertz CT molecular complexity index is 863. The van der Waals surface area contributed by atoms with Crippen LogP contribution in [0.3, 0.4) is 0 Å². The van der Waals surface area contributed by atoms with Crippen LogP contribution in [-0.2, 0) is 23.0 Å². The number of hydrogen-bond donors (Lipinski definition) is 4. The summed E-state index contributed by atoms with van der Waals surface area (Å²) < 4.78 is 27.5. The van der Waals surface area contributed by atoms with E-state index >= 15 is 0 Å². The summed E-state index contributed by atoms with van der Waals surface area (Å²) in [6.07, 6.45) is 0.526. The van der Waals surface area contributed by atoms with Gasteiger partial charge in [0, 0.05) is 30.2 Å². The number of sulfonamides is 1. The van der Waals surface area contributed by atoms with Gasteiger partial charge in [0.05, 0.1) is 5.56 Å². The molecule has 2 aromatic rings. The molecule has 0 radical (unpaired) electrons. The highest BCUT2D eigenvalue weighted by Crippen LogP contribution is 2.34. The Kier molecular flexibility index (Phi) is 5.38. The molecule has 134 valence electrons. The summed E-state index contributed by atoms with van der Waals surface area (Å²) in [4.78, 5) is 12.4. The van der Waals surface area contributed by atoms with Crippen molar-refractivity contribution in [3.63, 3.8) is 0 Å².